The van der Waals surface area contributed by atoms with Crippen molar-refractivity contribution in [1.82, 2.24) is 0 Å². The van der Waals surface area contributed by atoms with Crippen LogP contribution in [0.5, 0.6) is 0 Å². The molecule has 600 valence electrons. The molecule has 3 N–H and O–H groups in total. The third kappa shape index (κ3) is 76.1. The maximum absolute atomic E-state index is 13.1. The van der Waals surface area contributed by atoms with Crippen LogP contribution in [0.3, 0.4) is 0 Å². The molecule has 0 fully saturated rings. The van der Waals surface area contributed by atoms with Gasteiger partial charge >= 0.3 is 39.5 Å². The van der Waals surface area contributed by atoms with Crippen LogP contribution in [0.25, 0.3) is 0 Å². The van der Waals surface area contributed by atoms with E-state index in [9.17, 15) is 43.2 Å². The first kappa shape index (κ1) is 99.1. The number of hydrogen-bond donors (Lipinski definition) is 3. The van der Waals surface area contributed by atoms with Crippen molar-refractivity contribution in [1.29, 1.82) is 0 Å². The molecule has 0 heterocycles. The van der Waals surface area contributed by atoms with Gasteiger partial charge in [0.05, 0.1) is 26.4 Å². The molecule has 0 aromatic rings. The van der Waals surface area contributed by atoms with Crippen LogP contribution in [-0.4, -0.2) is 96.7 Å². The van der Waals surface area contributed by atoms with Gasteiger partial charge in [-0.05, 0) is 31.6 Å². The highest BCUT2D eigenvalue weighted by Gasteiger charge is 2.30. The molecule has 0 bridgehead atoms. The molecule has 0 aliphatic heterocycles. The Labute approximate surface area is 619 Å². The number of hydrogen-bond acceptors (Lipinski definition) is 15. The molecule has 0 rings (SSSR count). The lowest BCUT2D eigenvalue weighted by Gasteiger charge is -2.21. The Morgan fingerprint density at radius 2 is 0.455 bits per heavy atom. The molecule has 0 amide bonds. The number of phosphoric acid groups is 2. The van der Waals surface area contributed by atoms with Crippen molar-refractivity contribution in [3.05, 3.63) is 0 Å². The number of carbonyl (C=O) groups excluding carboxylic acids is 4. The van der Waals surface area contributed by atoms with Crippen LogP contribution < -0.4 is 0 Å². The van der Waals surface area contributed by atoms with E-state index in [-0.39, 0.29) is 25.7 Å². The van der Waals surface area contributed by atoms with Gasteiger partial charge in [0, 0.05) is 25.7 Å². The predicted molar refractivity (Wildman–Crippen MR) is 414 cm³/mol. The van der Waals surface area contributed by atoms with Gasteiger partial charge in [0.2, 0.25) is 0 Å². The SMILES string of the molecule is CCCCCCCCCCCCCCCCCCCCCCCC(=O)OC[C@H](COP(=O)(O)OC[C@@H](O)COP(=O)(O)OC[C@@H](COC(=O)CCCCCCCCC)OC(=O)CCCCCCCCCCCC(C)C)OC(=O)CCCCCCCCCCCCCCCCCCCCCCC. The van der Waals surface area contributed by atoms with Gasteiger partial charge in [-0.25, -0.2) is 9.13 Å². The maximum atomic E-state index is 13.1. The average Bonchev–Trinajstić information content (AvgIpc) is 0.981. The molecule has 0 saturated heterocycles. The standard InChI is InChI=1S/C82H160O17P2/c1-6-9-12-15-18-20-22-24-26-28-30-32-34-36-38-40-42-46-51-56-61-66-80(85)93-72-78(99-81(86)67-62-57-52-47-43-41-39-37-35-33-31-29-27-25-23-21-19-16-13-10-7-2)74-97-101(90,91)95-70-76(83)69-94-100(88,89)96-73-77(71-92-79(84)65-60-55-49-17-14-11-8-3)98-82(87)68-63-58-53-48-44-45-50-54-59-64-75(4)5/h75-78,83H,6-74H2,1-5H3,(H,88,89)(H,90,91)/t76-,77+,78+/m0/s1. The van der Waals surface area contributed by atoms with Crippen molar-refractivity contribution in [2.45, 2.75) is 457 Å². The smallest absolute Gasteiger partial charge is 0.462 e. The van der Waals surface area contributed by atoms with Crippen molar-refractivity contribution in [2.75, 3.05) is 39.6 Å². The van der Waals surface area contributed by atoms with Crippen molar-refractivity contribution in [3.8, 4) is 0 Å². The quantitative estimate of drug-likeness (QED) is 0.0222. The zero-order valence-electron chi connectivity index (χ0n) is 66.1. The molecule has 0 aliphatic rings. The van der Waals surface area contributed by atoms with Gasteiger partial charge in [0.15, 0.2) is 12.2 Å². The first-order valence-corrected chi connectivity index (χ1v) is 45.6. The molecule has 0 aromatic heterocycles. The second kappa shape index (κ2) is 74.9. The normalized spacial score (nSPS) is 13.8. The van der Waals surface area contributed by atoms with Gasteiger partial charge in [-0.15, -0.1) is 0 Å². The number of carbonyl (C=O) groups is 4. The van der Waals surface area contributed by atoms with Crippen LogP contribution in [0.4, 0.5) is 0 Å². The number of aliphatic hydroxyl groups excluding tert-OH is 1. The lowest BCUT2D eigenvalue weighted by atomic mass is 10.0. The second-order valence-corrected chi connectivity index (χ2v) is 32.9. The number of aliphatic hydroxyl groups is 1. The number of rotatable bonds is 82. The first-order chi connectivity index (χ1) is 49.0. The van der Waals surface area contributed by atoms with Crippen molar-refractivity contribution in [2.24, 2.45) is 5.92 Å². The van der Waals surface area contributed by atoms with E-state index in [4.69, 9.17) is 37.0 Å². The summed E-state index contributed by atoms with van der Waals surface area (Å²) in [6.07, 6.45) is 67.1. The Morgan fingerprint density at radius 3 is 0.673 bits per heavy atom. The molecular formula is C82H160O17P2. The van der Waals surface area contributed by atoms with E-state index in [1.807, 2.05) is 0 Å². The first-order valence-electron chi connectivity index (χ1n) is 42.6. The Hall–Kier alpha value is -1.94. The molecule has 2 unspecified atom stereocenters. The Balaban J connectivity index is 5.14. The minimum absolute atomic E-state index is 0.105. The van der Waals surface area contributed by atoms with Gasteiger partial charge in [0.25, 0.3) is 0 Å². The summed E-state index contributed by atoms with van der Waals surface area (Å²) in [4.78, 5) is 72.8. The van der Waals surface area contributed by atoms with E-state index in [1.165, 1.54) is 250 Å². The summed E-state index contributed by atoms with van der Waals surface area (Å²) in [7, 11) is -9.91. The topological polar surface area (TPSA) is 237 Å². The molecule has 0 aliphatic carbocycles. The van der Waals surface area contributed by atoms with Crippen molar-refractivity contribution < 1.29 is 80.2 Å². The lowest BCUT2D eigenvalue weighted by molar-refractivity contribution is -0.161. The second-order valence-electron chi connectivity index (χ2n) is 30.0. The summed E-state index contributed by atoms with van der Waals surface area (Å²) < 4.78 is 68.6. The molecule has 0 radical (unpaired) electrons. The van der Waals surface area contributed by atoms with Gasteiger partial charge in [-0.2, -0.15) is 0 Å². The molecule has 19 heteroatoms. The molecule has 17 nitrogen and oxygen atoms in total. The highest BCUT2D eigenvalue weighted by atomic mass is 31.2. The van der Waals surface area contributed by atoms with Gasteiger partial charge < -0.3 is 33.8 Å². The fourth-order valence-electron chi connectivity index (χ4n) is 12.8. The Morgan fingerprint density at radius 1 is 0.267 bits per heavy atom. The van der Waals surface area contributed by atoms with Crippen LogP contribution in [0, 0.1) is 5.92 Å². The third-order valence-electron chi connectivity index (χ3n) is 19.3. The Bertz CT molecular complexity index is 1930. The monoisotopic (exact) mass is 1480 g/mol. The fraction of sp³-hybridized carbons (Fsp3) is 0.951. The molecule has 0 aromatic carbocycles. The van der Waals surface area contributed by atoms with E-state index in [1.54, 1.807) is 0 Å². The van der Waals surface area contributed by atoms with Gasteiger partial charge in [-0.1, -0.05) is 388 Å². The summed E-state index contributed by atoms with van der Waals surface area (Å²) in [5.41, 5.74) is 0. The minimum Gasteiger partial charge on any atom is -0.462 e. The third-order valence-corrected chi connectivity index (χ3v) is 21.2. The van der Waals surface area contributed by atoms with Gasteiger partial charge in [0.1, 0.15) is 19.3 Å². The van der Waals surface area contributed by atoms with Crippen LogP contribution >= 0.6 is 15.6 Å². The molecule has 0 saturated carbocycles. The van der Waals surface area contributed by atoms with Crippen LogP contribution in [0.15, 0.2) is 0 Å². The summed E-state index contributed by atoms with van der Waals surface area (Å²) >= 11 is 0. The van der Waals surface area contributed by atoms with Crippen LogP contribution in [-0.2, 0) is 65.4 Å². The van der Waals surface area contributed by atoms with E-state index >= 15 is 0 Å². The number of unbranched alkanes of at least 4 members (excludes halogenated alkanes) is 54. The van der Waals surface area contributed by atoms with Crippen LogP contribution in [0.1, 0.15) is 439 Å². The largest absolute Gasteiger partial charge is 0.472 e. The minimum atomic E-state index is -4.96. The highest BCUT2D eigenvalue weighted by Crippen LogP contribution is 2.45. The zero-order chi connectivity index (χ0) is 74.1. The summed E-state index contributed by atoms with van der Waals surface area (Å²) in [6, 6.07) is 0. The molecule has 5 atom stereocenters. The molecule has 0 spiro atoms. The van der Waals surface area contributed by atoms with Crippen molar-refractivity contribution >= 4 is 39.5 Å². The maximum Gasteiger partial charge on any atom is 0.472 e. The Kier molecular flexibility index (Phi) is 73.5. The highest BCUT2D eigenvalue weighted by molar-refractivity contribution is 7.47. The average molecular weight is 1480 g/mol. The lowest BCUT2D eigenvalue weighted by Crippen LogP contribution is -2.30. The van der Waals surface area contributed by atoms with Crippen molar-refractivity contribution in [3.63, 3.8) is 0 Å². The van der Waals surface area contributed by atoms with E-state index in [2.05, 4.69) is 34.6 Å². The van der Waals surface area contributed by atoms with Crippen LogP contribution in [0.2, 0.25) is 0 Å². The summed E-state index contributed by atoms with van der Waals surface area (Å²) in [5.74, 6) is -1.38. The van der Waals surface area contributed by atoms with E-state index in [0.29, 0.717) is 25.7 Å². The number of esters is 4. The zero-order valence-corrected chi connectivity index (χ0v) is 67.8. The molecule has 101 heavy (non-hydrogen) atoms. The number of phosphoric ester groups is 2. The predicted octanol–water partition coefficient (Wildman–Crippen LogP) is 24.8. The fourth-order valence-corrected chi connectivity index (χ4v) is 14.3. The number of ether oxygens (including phenoxy) is 4. The summed E-state index contributed by atoms with van der Waals surface area (Å²) in [6.45, 7) is 7.26. The van der Waals surface area contributed by atoms with E-state index < -0.39 is 97.5 Å². The molecular weight excluding hydrogens is 1320 g/mol. The van der Waals surface area contributed by atoms with Gasteiger partial charge in [-0.3, -0.25) is 37.3 Å². The van der Waals surface area contributed by atoms with E-state index in [0.717, 1.165) is 109 Å². The summed E-state index contributed by atoms with van der Waals surface area (Å²) in [5, 5.41) is 10.6.